The van der Waals surface area contributed by atoms with Crippen molar-refractivity contribution in [3.8, 4) is 0 Å². The first kappa shape index (κ1) is 26.6. The first-order valence-electron chi connectivity index (χ1n) is 13.2. The van der Waals surface area contributed by atoms with E-state index in [0.29, 0.717) is 29.9 Å². The van der Waals surface area contributed by atoms with E-state index in [2.05, 4.69) is 50.8 Å². The van der Waals surface area contributed by atoms with Gasteiger partial charge in [0.2, 0.25) is 5.95 Å². The minimum atomic E-state index is -4.64. The Hall–Kier alpha value is -4.59. The van der Waals surface area contributed by atoms with E-state index >= 15 is 0 Å². The number of benzene rings is 1. The van der Waals surface area contributed by atoms with Gasteiger partial charge in [-0.1, -0.05) is 12.1 Å². The highest BCUT2D eigenvalue weighted by Gasteiger charge is 2.35. The zero-order chi connectivity index (χ0) is 28.4. The monoisotopic (exact) mass is 564 g/mol. The van der Waals surface area contributed by atoms with Crippen LogP contribution in [-0.2, 0) is 12.7 Å². The summed E-state index contributed by atoms with van der Waals surface area (Å²) in [7, 11) is 0. The molecule has 0 bridgehead atoms. The summed E-state index contributed by atoms with van der Waals surface area (Å²) >= 11 is 0. The molecule has 212 valence electrons. The molecule has 11 nitrogen and oxygen atoms in total. The Morgan fingerprint density at radius 2 is 1.78 bits per heavy atom. The Kier molecular flexibility index (Phi) is 7.22. The number of carbonyl (C=O) groups is 1. The number of H-pyrrole nitrogens is 1. The summed E-state index contributed by atoms with van der Waals surface area (Å²) in [5.74, 6) is 1.82. The van der Waals surface area contributed by atoms with Crippen LogP contribution in [0.1, 0.15) is 46.1 Å². The van der Waals surface area contributed by atoms with E-state index in [1.165, 1.54) is 31.0 Å². The number of nitrogens with zero attached hydrogens (tertiary/aromatic N) is 7. The summed E-state index contributed by atoms with van der Waals surface area (Å²) in [5.41, 5.74) is 0.348. The molecule has 6 rings (SSSR count). The maximum atomic E-state index is 13.2. The van der Waals surface area contributed by atoms with Crippen molar-refractivity contribution < 1.29 is 18.0 Å². The molecular formula is C27H27F3N10O. The number of hydrogen-bond donors (Lipinski definition) is 3. The maximum Gasteiger partial charge on any atom is 0.417 e. The predicted octanol–water partition coefficient (Wildman–Crippen LogP) is 4.20. The summed E-state index contributed by atoms with van der Waals surface area (Å²) in [6.45, 7) is 3.48. The number of carbonyl (C=O) groups excluding carboxylic acids is 1. The zero-order valence-corrected chi connectivity index (χ0v) is 21.9. The number of piperazine rings is 1. The van der Waals surface area contributed by atoms with Crippen LogP contribution in [0.2, 0.25) is 0 Å². The van der Waals surface area contributed by atoms with Crippen LogP contribution in [0.15, 0.2) is 54.7 Å². The van der Waals surface area contributed by atoms with Gasteiger partial charge >= 0.3 is 6.18 Å². The largest absolute Gasteiger partial charge is 0.417 e. The van der Waals surface area contributed by atoms with Crippen molar-refractivity contribution in [2.75, 3.05) is 41.7 Å². The molecule has 1 saturated carbocycles. The van der Waals surface area contributed by atoms with E-state index in [4.69, 9.17) is 0 Å². The number of aromatic nitrogens is 6. The first-order valence-corrected chi connectivity index (χ1v) is 13.2. The summed E-state index contributed by atoms with van der Waals surface area (Å²) in [5, 5.41) is 21.2. The van der Waals surface area contributed by atoms with Gasteiger partial charge in [0.1, 0.15) is 5.82 Å². The van der Waals surface area contributed by atoms with E-state index in [-0.39, 0.29) is 5.82 Å². The molecule has 4 heterocycles. The highest BCUT2D eigenvalue weighted by atomic mass is 19.4. The standard InChI is InChI=1S/C27H27F3N10O/c28-27(29,30)20-4-2-1-3-19(20)25(41)33-23-8-7-18(35-37-23)16-39-11-13-40(14-12-39)26-31-10-9-22(34-26)32-24-15-21(36-38-24)17-5-6-17/h1-4,7-10,15,17H,5-6,11-14,16H2,(H,33,37,41)(H2,31,32,34,36,38). The number of hydrogen-bond acceptors (Lipinski definition) is 9. The maximum absolute atomic E-state index is 13.2. The molecular weight excluding hydrogens is 537 g/mol. The quantitative estimate of drug-likeness (QED) is 0.288. The van der Waals surface area contributed by atoms with Crippen molar-refractivity contribution in [1.29, 1.82) is 0 Å². The number of rotatable bonds is 8. The fourth-order valence-electron chi connectivity index (χ4n) is 4.66. The molecule has 0 radical (unpaired) electrons. The van der Waals surface area contributed by atoms with Crippen LogP contribution in [-0.4, -0.2) is 67.3 Å². The second kappa shape index (κ2) is 11.1. The average Bonchev–Trinajstić information content (AvgIpc) is 3.72. The van der Waals surface area contributed by atoms with Crippen LogP contribution in [0.25, 0.3) is 0 Å². The molecule has 0 atom stereocenters. The third-order valence-corrected chi connectivity index (χ3v) is 6.99. The second-order valence-corrected chi connectivity index (χ2v) is 10.0. The van der Waals surface area contributed by atoms with Gasteiger partial charge in [-0.25, -0.2) is 4.98 Å². The normalized spacial score (nSPS) is 16.0. The number of aromatic amines is 1. The minimum absolute atomic E-state index is 0.0739. The smallest absolute Gasteiger partial charge is 0.338 e. The highest BCUT2D eigenvalue weighted by Crippen LogP contribution is 2.39. The van der Waals surface area contributed by atoms with Gasteiger partial charge in [0.05, 0.1) is 16.8 Å². The number of amides is 1. The summed E-state index contributed by atoms with van der Waals surface area (Å²) < 4.78 is 39.7. The van der Waals surface area contributed by atoms with E-state index < -0.39 is 23.2 Å². The fourth-order valence-corrected chi connectivity index (χ4v) is 4.66. The van der Waals surface area contributed by atoms with Crippen LogP contribution < -0.4 is 15.5 Å². The molecule has 1 amide bonds. The van der Waals surface area contributed by atoms with E-state index in [0.717, 1.165) is 49.8 Å². The van der Waals surface area contributed by atoms with Crippen molar-refractivity contribution in [2.45, 2.75) is 31.5 Å². The number of halogens is 3. The van der Waals surface area contributed by atoms with Gasteiger partial charge < -0.3 is 15.5 Å². The minimum Gasteiger partial charge on any atom is -0.338 e. The molecule has 14 heteroatoms. The second-order valence-electron chi connectivity index (χ2n) is 10.0. The number of alkyl halides is 3. The van der Waals surface area contributed by atoms with Crippen molar-refractivity contribution in [2.24, 2.45) is 0 Å². The molecule has 4 aromatic rings. The van der Waals surface area contributed by atoms with E-state index in [1.54, 1.807) is 12.3 Å². The van der Waals surface area contributed by atoms with Crippen molar-refractivity contribution in [1.82, 2.24) is 35.3 Å². The van der Waals surface area contributed by atoms with Gasteiger partial charge in [-0.05, 0) is 43.2 Å². The molecule has 2 aliphatic rings. The topological polar surface area (TPSA) is 128 Å². The SMILES string of the molecule is O=C(Nc1ccc(CN2CCN(c3nccc(Nc4cc(C5CC5)[nH]n4)n3)CC2)nn1)c1ccccc1C(F)(F)F. The van der Waals surface area contributed by atoms with Crippen molar-refractivity contribution in [3.05, 3.63) is 77.2 Å². The van der Waals surface area contributed by atoms with E-state index in [1.807, 2.05) is 12.1 Å². The zero-order valence-electron chi connectivity index (χ0n) is 21.9. The van der Waals surface area contributed by atoms with Crippen LogP contribution in [0, 0.1) is 0 Å². The lowest BCUT2D eigenvalue weighted by Crippen LogP contribution is -2.46. The Morgan fingerprint density at radius 3 is 2.51 bits per heavy atom. The van der Waals surface area contributed by atoms with Gasteiger partial charge in [0, 0.05) is 56.6 Å². The average molecular weight is 565 g/mol. The van der Waals surface area contributed by atoms with Crippen LogP contribution in [0.4, 0.5) is 36.6 Å². The lowest BCUT2D eigenvalue weighted by Gasteiger charge is -2.34. The van der Waals surface area contributed by atoms with Gasteiger partial charge in [-0.2, -0.15) is 28.4 Å². The van der Waals surface area contributed by atoms with Crippen LogP contribution >= 0.6 is 0 Å². The number of anilines is 4. The van der Waals surface area contributed by atoms with Gasteiger partial charge in [0.25, 0.3) is 5.91 Å². The molecule has 2 fully saturated rings. The Balaban J connectivity index is 1.00. The third kappa shape index (κ3) is 6.43. The lowest BCUT2D eigenvalue weighted by atomic mass is 10.1. The number of nitrogens with one attached hydrogen (secondary N) is 3. The molecule has 1 aromatic carbocycles. The molecule has 41 heavy (non-hydrogen) atoms. The fraction of sp³-hybridized carbons (Fsp3) is 0.333. The Morgan fingerprint density at radius 1 is 0.976 bits per heavy atom. The third-order valence-electron chi connectivity index (χ3n) is 6.99. The molecule has 1 saturated heterocycles. The van der Waals surface area contributed by atoms with Crippen molar-refractivity contribution in [3.63, 3.8) is 0 Å². The molecule has 3 N–H and O–H groups in total. The molecule has 3 aromatic heterocycles. The lowest BCUT2D eigenvalue weighted by molar-refractivity contribution is -0.137. The molecule has 0 spiro atoms. The van der Waals surface area contributed by atoms with E-state index in [9.17, 15) is 18.0 Å². The van der Waals surface area contributed by atoms with Crippen LogP contribution in [0.5, 0.6) is 0 Å². The van der Waals surface area contributed by atoms with Gasteiger partial charge in [-0.3, -0.25) is 14.8 Å². The van der Waals surface area contributed by atoms with Crippen molar-refractivity contribution >= 4 is 29.3 Å². The predicted molar refractivity (Wildman–Crippen MR) is 145 cm³/mol. The highest BCUT2D eigenvalue weighted by molar-refractivity contribution is 6.04. The summed E-state index contributed by atoms with van der Waals surface area (Å²) in [4.78, 5) is 25.9. The first-order chi connectivity index (χ1) is 19.8. The molecule has 0 unspecified atom stereocenters. The summed E-state index contributed by atoms with van der Waals surface area (Å²) in [6, 6.07) is 11.7. The van der Waals surface area contributed by atoms with Gasteiger partial charge in [0.15, 0.2) is 11.6 Å². The summed E-state index contributed by atoms with van der Waals surface area (Å²) in [6.07, 6.45) is -0.515. The molecule has 1 aliphatic heterocycles. The molecule has 1 aliphatic carbocycles. The Labute approximate surface area is 233 Å². The Bertz CT molecular complexity index is 1510. The van der Waals surface area contributed by atoms with Crippen LogP contribution in [0.3, 0.4) is 0 Å². The van der Waals surface area contributed by atoms with Gasteiger partial charge in [-0.15, -0.1) is 5.10 Å².